The van der Waals surface area contributed by atoms with Gasteiger partial charge in [-0.15, -0.1) is 0 Å². The van der Waals surface area contributed by atoms with Gasteiger partial charge in [-0.1, -0.05) is 0 Å². The van der Waals surface area contributed by atoms with Crippen molar-refractivity contribution < 1.29 is 27.2 Å². The lowest BCUT2D eigenvalue weighted by Crippen LogP contribution is -3.05. The Balaban J connectivity index is 0.00000196. The molecular weight excluding hydrogens is 214 g/mol. The summed E-state index contributed by atoms with van der Waals surface area (Å²) in [5.41, 5.74) is 0.670. The molecule has 84 valence electrons. The van der Waals surface area contributed by atoms with Crippen molar-refractivity contribution in [1.29, 1.82) is 0 Å². The molecule has 4 heteroatoms. The van der Waals surface area contributed by atoms with Gasteiger partial charge in [0.2, 0.25) is 0 Å². The third-order valence-electron chi connectivity index (χ3n) is 2.04. The fourth-order valence-corrected chi connectivity index (χ4v) is 1.16. The number of quaternary nitrogens is 1. The minimum absolute atomic E-state index is 0. The van der Waals surface area contributed by atoms with E-state index in [9.17, 15) is 4.79 Å². The minimum Gasteiger partial charge on any atom is -1.00 e. The Hall–Kier alpha value is -1.06. The van der Waals surface area contributed by atoms with Crippen LogP contribution in [0.1, 0.15) is 16.8 Å². The van der Waals surface area contributed by atoms with E-state index in [1.807, 2.05) is 14.1 Å². The number of hydrogen-bond acceptors (Lipinski definition) is 2. The quantitative estimate of drug-likeness (QED) is 0.545. The van der Waals surface area contributed by atoms with E-state index in [0.29, 0.717) is 12.0 Å². The Morgan fingerprint density at radius 1 is 1.27 bits per heavy atom. The molecule has 0 bridgehead atoms. The van der Waals surface area contributed by atoms with E-state index >= 15 is 0 Å². The van der Waals surface area contributed by atoms with E-state index in [1.54, 1.807) is 12.1 Å². The molecule has 0 unspecified atom stereocenters. The maximum absolute atomic E-state index is 11.6. The zero-order valence-corrected chi connectivity index (χ0v) is 9.71. The first-order chi connectivity index (χ1) is 6.59. The normalized spacial score (nSPS) is 9.80. The molecule has 0 radical (unpaired) electrons. The standard InChI is InChI=1S/C11H15NO2.ClH/c1-12(2)8-7-11(14)9-3-5-10(13)6-4-9;/h3-6,13H,7-8H2,1-2H3;1H. The third kappa shape index (κ3) is 4.81. The van der Waals surface area contributed by atoms with Crippen LogP contribution in [-0.4, -0.2) is 31.5 Å². The van der Waals surface area contributed by atoms with E-state index < -0.39 is 0 Å². The highest BCUT2D eigenvalue weighted by Gasteiger charge is 2.07. The Morgan fingerprint density at radius 2 is 1.80 bits per heavy atom. The summed E-state index contributed by atoms with van der Waals surface area (Å²) >= 11 is 0. The predicted molar refractivity (Wildman–Crippen MR) is 54.7 cm³/mol. The summed E-state index contributed by atoms with van der Waals surface area (Å²) in [6.07, 6.45) is 0.549. The minimum atomic E-state index is 0. The highest BCUT2D eigenvalue weighted by Crippen LogP contribution is 2.10. The molecule has 0 saturated carbocycles. The molecule has 0 aromatic heterocycles. The van der Waals surface area contributed by atoms with Crippen molar-refractivity contribution in [2.24, 2.45) is 0 Å². The number of aromatic hydroxyl groups is 1. The number of hydrogen-bond donors (Lipinski definition) is 2. The summed E-state index contributed by atoms with van der Waals surface area (Å²) in [5.74, 6) is 0.325. The van der Waals surface area contributed by atoms with Gasteiger partial charge in [-0.25, -0.2) is 0 Å². The van der Waals surface area contributed by atoms with Crippen LogP contribution in [0.5, 0.6) is 5.75 Å². The number of phenols is 1. The van der Waals surface area contributed by atoms with Gasteiger partial charge in [0, 0.05) is 5.56 Å². The first-order valence-corrected chi connectivity index (χ1v) is 4.71. The van der Waals surface area contributed by atoms with Crippen LogP contribution < -0.4 is 17.3 Å². The van der Waals surface area contributed by atoms with E-state index in [4.69, 9.17) is 5.11 Å². The van der Waals surface area contributed by atoms with Crippen LogP contribution in [0, 0.1) is 0 Å². The first kappa shape index (κ1) is 13.9. The van der Waals surface area contributed by atoms with Gasteiger partial charge >= 0.3 is 0 Å². The van der Waals surface area contributed by atoms with Crippen molar-refractivity contribution in [3.05, 3.63) is 29.8 Å². The van der Waals surface area contributed by atoms with E-state index in [1.165, 1.54) is 17.0 Å². The fourth-order valence-electron chi connectivity index (χ4n) is 1.16. The SMILES string of the molecule is C[NH+](C)CCC(=O)c1ccc(O)cc1.[Cl-]. The molecule has 1 aromatic carbocycles. The van der Waals surface area contributed by atoms with Crippen molar-refractivity contribution in [1.82, 2.24) is 0 Å². The van der Waals surface area contributed by atoms with E-state index in [2.05, 4.69) is 0 Å². The smallest absolute Gasteiger partial charge is 0.168 e. The summed E-state index contributed by atoms with van der Waals surface area (Å²) in [6, 6.07) is 6.39. The summed E-state index contributed by atoms with van der Waals surface area (Å²) in [5, 5.41) is 9.04. The van der Waals surface area contributed by atoms with Crippen LogP contribution in [0.4, 0.5) is 0 Å². The van der Waals surface area contributed by atoms with Crippen molar-refractivity contribution in [2.45, 2.75) is 6.42 Å². The predicted octanol–water partition coefficient (Wildman–Crippen LogP) is -2.89. The fraction of sp³-hybridized carbons (Fsp3) is 0.364. The highest BCUT2D eigenvalue weighted by atomic mass is 35.5. The number of benzene rings is 1. The molecule has 3 nitrogen and oxygen atoms in total. The highest BCUT2D eigenvalue weighted by molar-refractivity contribution is 5.96. The van der Waals surface area contributed by atoms with Gasteiger partial charge in [0.05, 0.1) is 27.1 Å². The molecule has 0 amide bonds. The van der Waals surface area contributed by atoms with E-state index in [0.717, 1.165) is 6.54 Å². The average molecular weight is 230 g/mol. The van der Waals surface area contributed by atoms with Crippen molar-refractivity contribution >= 4 is 5.78 Å². The van der Waals surface area contributed by atoms with Crippen molar-refractivity contribution in [3.8, 4) is 5.75 Å². The van der Waals surface area contributed by atoms with Crippen LogP contribution in [0.2, 0.25) is 0 Å². The number of halogens is 1. The Morgan fingerprint density at radius 3 is 2.27 bits per heavy atom. The second-order valence-electron chi connectivity index (χ2n) is 3.68. The van der Waals surface area contributed by atoms with Gasteiger partial charge in [0.15, 0.2) is 5.78 Å². The molecule has 0 atom stereocenters. The lowest BCUT2D eigenvalue weighted by atomic mass is 10.1. The van der Waals surface area contributed by atoms with Gasteiger partial charge in [0.25, 0.3) is 0 Å². The molecule has 0 aliphatic carbocycles. The molecule has 2 N–H and O–H groups in total. The summed E-state index contributed by atoms with van der Waals surface area (Å²) in [7, 11) is 4.04. The number of carbonyl (C=O) groups is 1. The molecular formula is C11H16ClNO2. The van der Waals surface area contributed by atoms with Gasteiger partial charge in [0.1, 0.15) is 5.75 Å². The third-order valence-corrected chi connectivity index (χ3v) is 2.04. The Labute approximate surface area is 96.1 Å². The number of Topliss-reactive ketones (excluding diaryl/α,β-unsaturated/α-hetero) is 1. The average Bonchev–Trinajstić information content (AvgIpc) is 2.15. The second-order valence-corrected chi connectivity index (χ2v) is 3.68. The summed E-state index contributed by atoms with van der Waals surface area (Å²) in [4.78, 5) is 12.8. The molecule has 0 aliphatic rings. The van der Waals surface area contributed by atoms with Crippen LogP contribution in [-0.2, 0) is 0 Å². The molecule has 15 heavy (non-hydrogen) atoms. The maximum Gasteiger partial charge on any atom is 0.168 e. The van der Waals surface area contributed by atoms with Crippen LogP contribution in [0.3, 0.4) is 0 Å². The van der Waals surface area contributed by atoms with Crippen LogP contribution in [0.25, 0.3) is 0 Å². The maximum atomic E-state index is 11.6. The molecule has 0 saturated heterocycles. The second kappa shape index (κ2) is 6.43. The van der Waals surface area contributed by atoms with Crippen molar-refractivity contribution in [3.63, 3.8) is 0 Å². The number of ketones is 1. The number of nitrogens with one attached hydrogen (secondary N) is 1. The first-order valence-electron chi connectivity index (χ1n) is 4.71. The molecule has 0 aliphatic heterocycles. The monoisotopic (exact) mass is 229 g/mol. The molecule has 0 spiro atoms. The van der Waals surface area contributed by atoms with E-state index in [-0.39, 0.29) is 23.9 Å². The lowest BCUT2D eigenvalue weighted by Gasteiger charge is -2.05. The number of carbonyl (C=O) groups excluding carboxylic acids is 1. The topological polar surface area (TPSA) is 41.7 Å². The Kier molecular flexibility index (Phi) is 5.97. The summed E-state index contributed by atoms with van der Waals surface area (Å²) in [6.45, 7) is 0.833. The van der Waals surface area contributed by atoms with Crippen LogP contribution in [0.15, 0.2) is 24.3 Å². The zero-order chi connectivity index (χ0) is 10.6. The zero-order valence-electron chi connectivity index (χ0n) is 8.96. The van der Waals surface area contributed by atoms with Gasteiger partial charge in [-0.2, -0.15) is 0 Å². The number of rotatable bonds is 4. The lowest BCUT2D eigenvalue weighted by molar-refractivity contribution is -0.857. The van der Waals surface area contributed by atoms with Gasteiger partial charge in [-0.3, -0.25) is 4.79 Å². The van der Waals surface area contributed by atoms with Gasteiger partial charge in [-0.05, 0) is 24.3 Å². The van der Waals surface area contributed by atoms with Crippen molar-refractivity contribution in [2.75, 3.05) is 20.6 Å². The van der Waals surface area contributed by atoms with Crippen LogP contribution >= 0.6 is 0 Å². The van der Waals surface area contributed by atoms with Gasteiger partial charge < -0.3 is 22.4 Å². The molecule has 1 aromatic rings. The summed E-state index contributed by atoms with van der Waals surface area (Å²) < 4.78 is 0. The molecule has 0 heterocycles. The molecule has 0 fully saturated rings. The Bertz CT molecular complexity index is 309. The number of phenolic OH excluding ortho intramolecular Hbond substituents is 1. The largest absolute Gasteiger partial charge is 1.00 e. The molecule has 1 rings (SSSR count).